The maximum Gasteiger partial charge on any atom is 0.232 e. The van der Waals surface area contributed by atoms with Gasteiger partial charge in [-0.3, -0.25) is 4.79 Å². The Morgan fingerprint density at radius 1 is 1.09 bits per heavy atom. The van der Waals surface area contributed by atoms with Crippen LogP contribution in [0.5, 0.6) is 0 Å². The van der Waals surface area contributed by atoms with Crippen molar-refractivity contribution in [2.75, 3.05) is 11.4 Å². The minimum absolute atomic E-state index is 0.0157. The van der Waals surface area contributed by atoms with Gasteiger partial charge in [-0.2, -0.15) is 4.98 Å². The third-order valence-corrected chi connectivity index (χ3v) is 6.67. The molecular formula is C23H21ClN6O2. The summed E-state index contributed by atoms with van der Waals surface area (Å²) in [5.74, 6) is 0.815. The van der Waals surface area contributed by atoms with Gasteiger partial charge in [0, 0.05) is 29.2 Å². The highest BCUT2D eigenvalue weighted by molar-refractivity contribution is 6.30. The number of fused-ring (bicyclic) bond motifs is 1. The lowest BCUT2D eigenvalue weighted by Crippen LogP contribution is -2.24. The lowest BCUT2D eigenvalue weighted by atomic mass is 10.1. The van der Waals surface area contributed by atoms with E-state index in [4.69, 9.17) is 16.1 Å². The first kappa shape index (κ1) is 19.4. The number of aromatic nitrogens is 5. The summed E-state index contributed by atoms with van der Waals surface area (Å²) in [5.41, 5.74) is 3.45. The van der Waals surface area contributed by atoms with E-state index < -0.39 is 0 Å². The van der Waals surface area contributed by atoms with Gasteiger partial charge in [-0.15, -0.1) is 5.10 Å². The van der Waals surface area contributed by atoms with Gasteiger partial charge < -0.3 is 9.42 Å². The Hall–Kier alpha value is -3.26. The van der Waals surface area contributed by atoms with E-state index in [1.54, 1.807) is 17.0 Å². The summed E-state index contributed by atoms with van der Waals surface area (Å²) in [6.45, 7) is 0.482. The molecule has 2 aliphatic rings. The molecule has 32 heavy (non-hydrogen) atoms. The highest BCUT2D eigenvalue weighted by atomic mass is 35.5. The summed E-state index contributed by atoms with van der Waals surface area (Å²) >= 11 is 6.09. The van der Waals surface area contributed by atoms with Gasteiger partial charge in [0.25, 0.3) is 0 Å². The molecule has 1 saturated heterocycles. The summed E-state index contributed by atoms with van der Waals surface area (Å²) in [6.07, 6.45) is 5.12. The first-order chi connectivity index (χ1) is 15.7. The molecule has 1 aliphatic carbocycles. The lowest BCUT2D eigenvalue weighted by Gasteiger charge is -2.16. The van der Waals surface area contributed by atoms with Crippen LogP contribution in [0, 0.1) is 0 Å². The number of anilines is 1. The van der Waals surface area contributed by atoms with Crippen molar-refractivity contribution in [3.8, 4) is 11.4 Å². The van der Waals surface area contributed by atoms with Crippen molar-refractivity contribution >= 4 is 34.2 Å². The molecule has 2 aromatic heterocycles. The standard InChI is InChI=1S/C23H21ClN6O2/c24-16-4-3-7-18(12-16)29-13-15(11-21(29)31)23-25-22(27-32-23)14-8-9-20-19(10-14)26-28-30(20)17-5-1-2-6-17/h3-4,7-10,12,15,17H,1-2,5-6,11,13H2/t15-/m1/s1. The summed E-state index contributed by atoms with van der Waals surface area (Å²) < 4.78 is 7.59. The lowest BCUT2D eigenvalue weighted by molar-refractivity contribution is -0.117. The van der Waals surface area contributed by atoms with Crippen LogP contribution in [-0.2, 0) is 4.79 Å². The maximum absolute atomic E-state index is 12.6. The molecule has 6 rings (SSSR count). The molecule has 2 aromatic carbocycles. The van der Waals surface area contributed by atoms with Crippen molar-refractivity contribution in [3.63, 3.8) is 0 Å². The Kier molecular flexibility index (Phi) is 4.68. The molecule has 0 radical (unpaired) electrons. The van der Waals surface area contributed by atoms with Crippen LogP contribution in [0.4, 0.5) is 5.69 Å². The van der Waals surface area contributed by atoms with E-state index in [0.29, 0.717) is 35.7 Å². The third-order valence-electron chi connectivity index (χ3n) is 6.44. The van der Waals surface area contributed by atoms with Gasteiger partial charge in [-0.25, -0.2) is 4.68 Å². The van der Waals surface area contributed by atoms with Gasteiger partial charge >= 0.3 is 0 Å². The van der Waals surface area contributed by atoms with Crippen LogP contribution in [0.15, 0.2) is 47.0 Å². The Bertz CT molecular complexity index is 1310. The van der Waals surface area contributed by atoms with Crippen LogP contribution < -0.4 is 4.90 Å². The molecule has 2 fully saturated rings. The molecular weight excluding hydrogens is 428 g/mol. The average molecular weight is 449 g/mol. The predicted molar refractivity (Wildman–Crippen MR) is 119 cm³/mol. The van der Waals surface area contributed by atoms with Gasteiger partial charge in [-0.1, -0.05) is 40.9 Å². The Morgan fingerprint density at radius 2 is 1.97 bits per heavy atom. The van der Waals surface area contributed by atoms with E-state index in [0.717, 1.165) is 35.1 Å². The van der Waals surface area contributed by atoms with Gasteiger partial charge in [0.15, 0.2) is 0 Å². The second kappa shape index (κ2) is 7.70. The molecule has 0 N–H and O–H groups in total. The quantitative estimate of drug-likeness (QED) is 0.446. The molecule has 0 spiro atoms. The average Bonchev–Trinajstić information content (AvgIpc) is 3.58. The van der Waals surface area contributed by atoms with Gasteiger partial charge in [-0.05, 0) is 49.2 Å². The number of rotatable bonds is 4. The molecule has 9 heteroatoms. The number of carbonyl (C=O) groups is 1. The Morgan fingerprint density at radius 3 is 2.81 bits per heavy atom. The topological polar surface area (TPSA) is 89.9 Å². The summed E-state index contributed by atoms with van der Waals surface area (Å²) in [4.78, 5) is 18.9. The van der Waals surface area contributed by atoms with Crippen molar-refractivity contribution in [3.05, 3.63) is 53.4 Å². The Balaban J connectivity index is 1.24. The van der Waals surface area contributed by atoms with Crippen molar-refractivity contribution in [2.24, 2.45) is 0 Å². The third kappa shape index (κ3) is 3.35. The van der Waals surface area contributed by atoms with Crippen LogP contribution in [0.1, 0.15) is 50.0 Å². The largest absolute Gasteiger partial charge is 0.339 e. The van der Waals surface area contributed by atoms with Crippen molar-refractivity contribution in [1.29, 1.82) is 0 Å². The number of halogens is 1. The molecule has 162 valence electrons. The minimum Gasteiger partial charge on any atom is -0.339 e. The molecule has 1 atom stereocenters. The molecule has 0 bridgehead atoms. The van der Waals surface area contributed by atoms with E-state index in [9.17, 15) is 4.79 Å². The van der Waals surface area contributed by atoms with Crippen molar-refractivity contribution in [1.82, 2.24) is 25.1 Å². The molecule has 1 saturated carbocycles. The van der Waals surface area contributed by atoms with Gasteiger partial charge in [0.05, 0.1) is 17.5 Å². The fourth-order valence-electron chi connectivity index (χ4n) is 4.78. The van der Waals surface area contributed by atoms with Crippen LogP contribution in [-0.4, -0.2) is 37.6 Å². The zero-order chi connectivity index (χ0) is 21.7. The van der Waals surface area contributed by atoms with Crippen LogP contribution in [0.25, 0.3) is 22.4 Å². The van der Waals surface area contributed by atoms with Gasteiger partial charge in [0.1, 0.15) is 5.52 Å². The maximum atomic E-state index is 12.6. The molecule has 0 unspecified atom stereocenters. The minimum atomic E-state index is -0.158. The predicted octanol–water partition coefficient (Wildman–Crippen LogP) is 4.77. The fraction of sp³-hybridized carbons (Fsp3) is 0.348. The van der Waals surface area contributed by atoms with E-state index in [1.807, 2.05) is 35.0 Å². The second-order valence-corrected chi connectivity index (χ2v) is 8.95. The van der Waals surface area contributed by atoms with Crippen LogP contribution >= 0.6 is 11.6 Å². The zero-order valence-electron chi connectivity index (χ0n) is 17.3. The number of hydrogen-bond donors (Lipinski definition) is 0. The van der Waals surface area contributed by atoms with E-state index in [-0.39, 0.29) is 11.8 Å². The zero-order valence-corrected chi connectivity index (χ0v) is 18.1. The summed E-state index contributed by atoms with van der Waals surface area (Å²) in [7, 11) is 0. The second-order valence-electron chi connectivity index (χ2n) is 8.52. The number of hydrogen-bond acceptors (Lipinski definition) is 6. The normalized spacial score (nSPS) is 19.5. The monoisotopic (exact) mass is 448 g/mol. The Labute approximate surface area is 189 Å². The first-order valence-electron chi connectivity index (χ1n) is 10.9. The number of carbonyl (C=O) groups excluding carboxylic acids is 1. The molecule has 1 aliphatic heterocycles. The van der Waals surface area contributed by atoms with Crippen LogP contribution in [0.2, 0.25) is 5.02 Å². The fourth-order valence-corrected chi connectivity index (χ4v) is 4.97. The van der Waals surface area contributed by atoms with Gasteiger partial charge in [0.2, 0.25) is 17.6 Å². The van der Waals surface area contributed by atoms with Crippen LogP contribution in [0.3, 0.4) is 0 Å². The number of benzene rings is 2. The van der Waals surface area contributed by atoms with E-state index in [1.165, 1.54) is 12.8 Å². The summed E-state index contributed by atoms with van der Waals surface area (Å²) in [5, 5.41) is 13.5. The molecule has 8 nitrogen and oxygen atoms in total. The smallest absolute Gasteiger partial charge is 0.232 e. The highest BCUT2D eigenvalue weighted by Gasteiger charge is 2.35. The summed E-state index contributed by atoms with van der Waals surface area (Å²) in [6, 6.07) is 13.7. The molecule has 1 amide bonds. The van der Waals surface area contributed by atoms with E-state index in [2.05, 4.69) is 20.5 Å². The van der Waals surface area contributed by atoms with Crippen molar-refractivity contribution < 1.29 is 9.32 Å². The highest BCUT2D eigenvalue weighted by Crippen LogP contribution is 2.34. The SMILES string of the molecule is O=C1C[C@@H](c2nc(-c3ccc4c(c3)nnn4C3CCCC3)no2)CN1c1cccc(Cl)c1. The number of nitrogens with zero attached hydrogens (tertiary/aromatic N) is 6. The molecule has 3 heterocycles. The number of amides is 1. The molecule has 4 aromatic rings. The first-order valence-corrected chi connectivity index (χ1v) is 11.3. The van der Waals surface area contributed by atoms with Crippen molar-refractivity contribution in [2.45, 2.75) is 44.1 Å². The van der Waals surface area contributed by atoms with E-state index >= 15 is 0 Å².